The molecular weight excluding hydrogens is 346 g/mol. The number of rotatable bonds is 6. The van der Waals surface area contributed by atoms with E-state index < -0.39 is 0 Å². The molecule has 2 heterocycles. The van der Waals surface area contributed by atoms with Crippen molar-refractivity contribution in [2.45, 2.75) is 45.2 Å². The summed E-state index contributed by atoms with van der Waals surface area (Å²) < 4.78 is 1.70. The van der Waals surface area contributed by atoms with Gasteiger partial charge in [-0.3, -0.25) is 4.79 Å². The fraction of sp³-hybridized carbons (Fsp3) is 0.368. The number of carbonyl (C=O) groups excluding carboxylic acids is 1. The summed E-state index contributed by atoms with van der Waals surface area (Å²) in [7, 11) is 0. The molecule has 7 heteroatoms. The molecule has 1 aromatic carbocycles. The molecule has 136 valence electrons. The van der Waals surface area contributed by atoms with E-state index in [1.807, 2.05) is 32.0 Å². The Morgan fingerprint density at radius 2 is 1.96 bits per heavy atom. The van der Waals surface area contributed by atoms with E-state index >= 15 is 0 Å². The molecule has 0 spiro atoms. The second-order valence-corrected chi connectivity index (χ2v) is 7.36. The third-order valence-corrected chi connectivity index (χ3v) is 5.14. The minimum atomic E-state index is -0.0778. The molecule has 6 nitrogen and oxygen atoms in total. The van der Waals surface area contributed by atoms with Gasteiger partial charge < -0.3 is 5.32 Å². The average molecular weight is 369 g/mol. The number of carbonyl (C=O) groups is 1. The van der Waals surface area contributed by atoms with Gasteiger partial charge in [-0.05, 0) is 49.9 Å². The van der Waals surface area contributed by atoms with Crippen molar-refractivity contribution in [1.82, 2.24) is 19.6 Å². The van der Waals surface area contributed by atoms with E-state index in [1.165, 1.54) is 17.3 Å². The van der Waals surface area contributed by atoms with Crippen molar-refractivity contribution in [2.24, 2.45) is 0 Å². The zero-order chi connectivity index (χ0) is 18.7. The number of nitrogens with zero attached hydrogens (tertiary/aromatic N) is 4. The van der Waals surface area contributed by atoms with Gasteiger partial charge in [0.1, 0.15) is 0 Å². The quantitative estimate of drug-likeness (QED) is 0.665. The fourth-order valence-electron chi connectivity index (χ4n) is 2.67. The summed E-state index contributed by atoms with van der Waals surface area (Å²) in [5.41, 5.74) is 3.96. The van der Waals surface area contributed by atoms with E-state index in [9.17, 15) is 4.79 Å². The van der Waals surface area contributed by atoms with E-state index in [0.717, 1.165) is 23.5 Å². The number of fused-ring (bicyclic) bond motifs is 1. The lowest BCUT2D eigenvalue weighted by atomic mass is 9.99. The van der Waals surface area contributed by atoms with Crippen LogP contribution in [0, 0.1) is 13.8 Å². The van der Waals surface area contributed by atoms with E-state index in [-0.39, 0.29) is 11.7 Å². The maximum absolute atomic E-state index is 12.2. The first-order valence-electron chi connectivity index (χ1n) is 8.70. The van der Waals surface area contributed by atoms with Crippen molar-refractivity contribution >= 4 is 29.1 Å². The van der Waals surface area contributed by atoms with Crippen molar-refractivity contribution in [3.05, 3.63) is 47.3 Å². The first-order valence-corrected chi connectivity index (χ1v) is 9.68. The van der Waals surface area contributed by atoms with Gasteiger partial charge in [0.15, 0.2) is 0 Å². The fourth-order valence-corrected chi connectivity index (χ4v) is 3.28. The Morgan fingerprint density at radius 3 is 2.65 bits per heavy atom. The van der Waals surface area contributed by atoms with E-state index in [2.05, 4.69) is 46.4 Å². The van der Waals surface area contributed by atoms with Gasteiger partial charge in [0.05, 0.1) is 5.75 Å². The smallest absolute Gasteiger partial charge is 0.253 e. The molecule has 0 aliphatic heterocycles. The Bertz CT molecular complexity index is 920. The van der Waals surface area contributed by atoms with E-state index in [1.54, 1.807) is 4.52 Å². The van der Waals surface area contributed by atoms with Crippen molar-refractivity contribution in [3.8, 4) is 0 Å². The van der Waals surface area contributed by atoms with Gasteiger partial charge in [-0.25, -0.2) is 9.50 Å². The van der Waals surface area contributed by atoms with Crippen molar-refractivity contribution in [1.29, 1.82) is 0 Å². The first kappa shape index (κ1) is 18.4. The van der Waals surface area contributed by atoms with Crippen LogP contribution in [-0.4, -0.2) is 31.2 Å². The number of hydrogen-bond donors (Lipinski definition) is 1. The maximum Gasteiger partial charge on any atom is 0.253 e. The monoisotopic (exact) mass is 369 g/mol. The van der Waals surface area contributed by atoms with Gasteiger partial charge in [-0.15, -0.1) is 5.10 Å². The van der Waals surface area contributed by atoms with Gasteiger partial charge >= 0.3 is 0 Å². The maximum atomic E-state index is 12.2. The summed E-state index contributed by atoms with van der Waals surface area (Å²) in [6, 6.07) is 9.98. The van der Waals surface area contributed by atoms with Crippen LogP contribution in [0.4, 0.5) is 5.69 Å². The van der Waals surface area contributed by atoms with Crippen LogP contribution in [0.2, 0.25) is 0 Å². The number of benzene rings is 1. The molecule has 3 aromatic rings. The largest absolute Gasteiger partial charge is 0.325 e. The molecule has 1 N–H and O–H groups in total. The molecule has 3 rings (SSSR count). The van der Waals surface area contributed by atoms with E-state index in [4.69, 9.17) is 0 Å². The predicted octanol–water partition coefficient (Wildman–Crippen LogP) is 3.99. The van der Waals surface area contributed by atoms with Crippen molar-refractivity contribution in [3.63, 3.8) is 0 Å². The molecule has 0 aliphatic rings. The highest BCUT2D eigenvalue weighted by atomic mass is 32.2. The Labute approximate surface area is 157 Å². The summed E-state index contributed by atoms with van der Waals surface area (Å²) in [5.74, 6) is 1.26. The van der Waals surface area contributed by atoms with Crippen LogP contribution in [0.3, 0.4) is 0 Å². The minimum absolute atomic E-state index is 0.0778. The molecule has 0 saturated heterocycles. The summed E-state index contributed by atoms with van der Waals surface area (Å²) in [6.07, 6.45) is 1.10. The highest BCUT2D eigenvalue weighted by molar-refractivity contribution is 7.99. The van der Waals surface area contributed by atoms with Crippen LogP contribution < -0.4 is 5.32 Å². The number of thioether (sulfide) groups is 1. The van der Waals surface area contributed by atoms with Crippen LogP contribution >= 0.6 is 11.8 Å². The third-order valence-electron chi connectivity index (χ3n) is 4.31. The second kappa shape index (κ2) is 7.86. The zero-order valence-corrected chi connectivity index (χ0v) is 16.3. The van der Waals surface area contributed by atoms with E-state index in [0.29, 0.717) is 16.9 Å². The average Bonchev–Trinajstić information content (AvgIpc) is 3.03. The molecule has 0 radical (unpaired) electrons. The molecule has 1 atom stereocenters. The Balaban J connectivity index is 1.59. The summed E-state index contributed by atoms with van der Waals surface area (Å²) in [6.45, 7) is 8.25. The normalized spacial score (nSPS) is 12.3. The molecular formula is C19H23N5OS. The lowest BCUT2D eigenvalue weighted by molar-refractivity contribution is -0.113. The van der Waals surface area contributed by atoms with Gasteiger partial charge in [-0.2, -0.15) is 4.98 Å². The highest BCUT2D eigenvalue weighted by Crippen LogP contribution is 2.21. The number of hydrogen-bond acceptors (Lipinski definition) is 5. The molecule has 0 bridgehead atoms. The van der Waals surface area contributed by atoms with Crippen LogP contribution in [-0.2, 0) is 4.79 Å². The zero-order valence-electron chi connectivity index (χ0n) is 15.5. The third kappa shape index (κ3) is 4.22. The number of amides is 1. The number of aromatic nitrogens is 4. The lowest BCUT2D eigenvalue weighted by Crippen LogP contribution is -2.14. The van der Waals surface area contributed by atoms with Gasteiger partial charge in [0.25, 0.3) is 5.78 Å². The molecule has 0 unspecified atom stereocenters. The summed E-state index contributed by atoms with van der Waals surface area (Å²) in [5, 5.41) is 7.86. The van der Waals surface area contributed by atoms with Gasteiger partial charge in [-0.1, -0.05) is 37.7 Å². The molecule has 1 amide bonds. The Hall–Kier alpha value is -2.41. The SMILES string of the molecule is CC[C@H](C)c1ccc(NC(=O)CSc2nc3nc(C)cc(C)n3n2)cc1. The van der Waals surface area contributed by atoms with Crippen molar-refractivity contribution < 1.29 is 4.79 Å². The topological polar surface area (TPSA) is 72.2 Å². The second-order valence-electron chi connectivity index (χ2n) is 6.41. The molecule has 0 aliphatic carbocycles. The van der Waals surface area contributed by atoms with Crippen molar-refractivity contribution in [2.75, 3.05) is 11.1 Å². The molecule has 2 aromatic heterocycles. The van der Waals surface area contributed by atoms with Crippen LogP contribution in [0.5, 0.6) is 0 Å². The van der Waals surface area contributed by atoms with Crippen LogP contribution in [0.15, 0.2) is 35.5 Å². The molecule has 0 saturated carbocycles. The minimum Gasteiger partial charge on any atom is -0.325 e. The summed E-state index contributed by atoms with van der Waals surface area (Å²) >= 11 is 1.30. The number of nitrogens with one attached hydrogen (secondary N) is 1. The van der Waals surface area contributed by atoms with Crippen LogP contribution in [0.1, 0.15) is 43.1 Å². The molecule has 26 heavy (non-hydrogen) atoms. The predicted molar refractivity (Wildman–Crippen MR) is 105 cm³/mol. The Morgan fingerprint density at radius 1 is 1.23 bits per heavy atom. The van der Waals surface area contributed by atoms with Crippen LogP contribution in [0.25, 0.3) is 5.78 Å². The Kier molecular flexibility index (Phi) is 5.56. The first-order chi connectivity index (χ1) is 12.5. The number of anilines is 1. The standard InChI is InChI=1S/C19H23N5OS/c1-5-12(2)15-6-8-16(9-7-15)21-17(25)11-26-19-22-18-20-13(3)10-14(4)24(18)23-19/h6-10,12H,5,11H2,1-4H3,(H,21,25)/t12-/m0/s1. The summed E-state index contributed by atoms with van der Waals surface area (Å²) in [4.78, 5) is 20.9. The lowest BCUT2D eigenvalue weighted by Gasteiger charge is -2.10. The number of aryl methyl sites for hydroxylation is 2. The van der Waals surface area contributed by atoms with Gasteiger partial charge in [0.2, 0.25) is 11.1 Å². The molecule has 0 fully saturated rings. The highest BCUT2D eigenvalue weighted by Gasteiger charge is 2.11. The van der Waals surface area contributed by atoms with Gasteiger partial charge in [0, 0.05) is 17.1 Å².